The third-order valence-electron chi connectivity index (χ3n) is 4.57. The Balaban J connectivity index is 2.11. The number of hydrogen-bond donors (Lipinski definition) is 0. The Kier molecular flexibility index (Phi) is 3.46. The van der Waals surface area contributed by atoms with Crippen LogP contribution in [-0.2, 0) is 0 Å². The standard InChI is InChI=1S/C19H19N3/c1-12-13(2)15(4)18(16(5)14(12)3)8-6-17-7-9-19-20-10-11-22(19)21-17/h7,9-11H,1-5H3. The Morgan fingerprint density at radius 2 is 1.45 bits per heavy atom. The number of aromatic nitrogens is 3. The second-order valence-electron chi connectivity index (χ2n) is 5.70. The molecule has 2 aromatic heterocycles. The Morgan fingerprint density at radius 1 is 0.818 bits per heavy atom. The fourth-order valence-electron chi connectivity index (χ4n) is 2.70. The van der Waals surface area contributed by atoms with Crippen molar-refractivity contribution in [1.82, 2.24) is 14.6 Å². The summed E-state index contributed by atoms with van der Waals surface area (Å²) in [5, 5.41) is 4.45. The predicted octanol–water partition coefficient (Wildman–Crippen LogP) is 3.67. The Morgan fingerprint density at radius 3 is 2.14 bits per heavy atom. The van der Waals surface area contributed by atoms with Crippen LogP contribution in [0.3, 0.4) is 0 Å². The molecule has 3 rings (SSSR count). The van der Waals surface area contributed by atoms with Gasteiger partial charge in [-0.25, -0.2) is 9.50 Å². The second-order valence-corrected chi connectivity index (χ2v) is 5.70. The van der Waals surface area contributed by atoms with Crippen LogP contribution in [-0.4, -0.2) is 14.6 Å². The smallest absolute Gasteiger partial charge is 0.153 e. The van der Waals surface area contributed by atoms with Gasteiger partial charge in [0.15, 0.2) is 5.65 Å². The minimum absolute atomic E-state index is 0.750. The molecule has 0 atom stereocenters. The molecule has 0 aliphatic rings. The van der Waals surface area contributed by atoms with Crippen molar-refractivity contribution in [2.24, 2.45) is 0 Å². The molecule has 3 heteroatoms. The minimum Gasteiger partial charge on any atom is -0.236 e. The summed E-state index contributed by atoms with van der Waals surface area (Å²) in [5.74, 6) is 6.51. The number of rotatable bonds is 0. The third kappa shape index (κ3) is 2.27. The first-order valence-corrected chi connectivity index (χ1v) is 7.38. The molecule has 0 bridgehead atoms. The number of hydrogen-bond acceptors (Lipinski definition) is 2. The summed E-state index contributed by atoms with van der Waals surface area (Å²) in [6.45, 7) is 10.8. The van der Waals surface area contributed by atoms with Crippen molar-refractivity contribution in [2.45, 2.75) is 34.6 Å². The largest absolute Gasteiger partial charge is 0.236 e. The average Bonchev–Trinajstić information content (AvgIpc) is 2.98. The fourth-order valence-corrected chi connectivity index (χ4v) is 2.70. The van der Waals surface area contributed by atoms with Crippen molar-refractivity contribution < 1.29 is 0 Å². The van der Waals surface area contributed by atoms with Crippen LogP contribution in [0.1, 0.15) is 39.1 Å². The van der Waals surface area contributed by atoms with Gasteiger partial charge in [0, 0.05) is 18.0 Å². The fraction of sp³-hybridized carbons (Fsp3) is 0.263. The van der Waals surface area contributed by atoms with Crippen LogP contribution in [0.2, 0.25) is 0 Å². The van der Waals surface area contributed by atoms with E-state index in [-0.39, 0.29) is 0 Å². The normalized spacial score (nSPS) is 10.6. The van der Waals surface area contributed by atoms with Crippen molar-refractivity contribution in [3.8, 4) is 11.8 Å². The molecule has 0 saturated heterocycles. The van der Waals surface area contributed by atoms with Crippen LogP contribution in [0.5, 0.6) is 0 Å². The van der Waals surface area contributed by atoms with E-state index in [1.54, 1.807) is 10.7 Å². The Labute approximate surface area is 131 Å². The molecule has 0 N–H and O–H groups in total. The highest BCUT2D eigenvalue weighted by Gasteiger charge is 2.10. The molecule has 1 aromatic carbocycles. The number of nitrogens with zero attached hydrogens (tertiary/aromatic N) is 3. The first-order chi connectivity index (χ1) is 10.5. The molecule has 3 nitrogen and oxygen atoms in total. The van der Waals surface area contributed by atoms with Crippen LogP contribution in [0.4, 0.5) is 0 Å². The molecular formula is C19H19N3. The van der Waals surface area contributed by atoms with E-state index < -0.39 is 0 Å². The van der Waals surface area contributed by atoms with Crippen molar-refractivity contribution in [3.05, 3.63) is 63.6 Å². The number of fused-ring (bicyclic) bond motifs is 1. The summed E-state index contributed by atoms with van der Waals surface area (Å²) in [5.41, 5.74) is 9.23. The first kappa shape index (κ1) is 14.3. The number of imidazole rings is 1. The SMILES string of the molecule is Cc1c(C)c(C)c(C#Cc2ccc3nccn3n2)c(C)c1C. The molecule has 0 aliphatic carbocycles. The van der Waals surface area contributed by atoms with E-state index in [0.29, 0.717) is 0 Å². The lowest BCUT2D eigenvalue weighted by molar-refractivity contribution is 0.924. The summed E-state index contributed by atoms with van der Waals surface area (Å²) in [4.78, 5) is 4.19. The topological polar surface area (TPSA) is 30.2 Å². The van der Waals surface area contributed by atoms with Gasteiger partial charge in [-0.2, -0.15) is 5.10 Å². The van der Waals surface area contributed by atoms with Gasteiger partial charge in [-0.05, 0) is 80.5 Å². The van der Waals surface area contributed by atoms with E-state index in [1.807, 2.05) is 18.3 Å². The van der Waals surface area contributed by atoms with Gasteiger partial charge in [0.05, 0.1) is 0 Å². The highest BCUT2D eigenvalue weighted by molar-refractivity contribution is 5.57. The molecule has 110 valence electrons. The van der Waals surface area contributed by atoms with Gasteiger partial charge in [-0.15, -0.1) is 0 Å². The molecular weight excluding hydrogens is 270 g/mol. The first-order valence-electron chi connectivity index (χ1n) is 7.38. The molecule has 2 heterocycles. The zero-order valence-electron chi connectivity index (χ0n) is 13.7. The van der Waals surface area contributed by atoms with Gasteiger partial charge in [0.25, 0.3) is 0 Å². The maximum Gasteiger partial charge on any atom is 0.153 e. The highest BCUT2D eigenvalue weighted by atomic mass is 15.2. The minimum atomic E-state index is 0.750. The Hall–Kier alpha value is -2.60. The second kappa shape index (κ2) is 5.31. The van der Waals surface area contributed by atoms with Gasteiger partial charge in [-0.1, -0.05) is 5.92 Å². The maximum atomic E-state index is 4.45. The molecule has 0 saturated carbocycles. The lowest BCUT2D eigenvalue weighted by Gasteiger charge is -2.14. The lowest BCUT2D eigenvalue weighted by atomic mass is 9.90. The molecule has 0 aliphatic heterocycles. The highest BCUT2D eigenvalue weighted by Crippen LogP contribution is 2.25. The van der Waals surface area contributed by atoms with Crippen LogP contribution >= 0.6 is 0 Å². The van der Waals surface area contributed by atoms with Crippen molar-refractivity contribution in [3.63, 3.8) is 0 Å². The molecule has 0 fully saturated rings. The maximum absolute atomic E-state index is 4.45. The number of benzene rings is 1. The third-order valence-corrected chi connectivity index (χ3v) is 4.57. The van der Waals surface area contributed by atoms with E-state index >= 15 is 0 Å². The molecule has 0 radical (unpaired) electrons. The van der Waals surface area contributed by atoms with E-state index in [9.17, 15) is 0 Å². The van der Waals surface area contributed by atoms with Gasteiger partial charge >= 0.3 is 0 Å². The average molecular weight is 289 g/mol. The molecule has 0 unspecified atom stereocenters. The van der Waals surface area contributed by atoms with E-state index in [2.05, 4.69) is 56.5 Å². The van der Waals surface area contributed by atoms with Gasteiger partial charge in [-0.3, -0.25) is 0 Å². The van der Waals surface area contributed by atoms with E-state index in [1.165, 1.54) is 27.8 Å². The van der Waals surface area contributed by atoms with Crippen LogP contribution in [0.25, 0.3) is 5.65 Å². The lowest BCUT2D eigenvalue weighted by Crippen LogP contribution is -2.00. The Bertz CT molecular complexity index is 907. The quantitative estimate of drug-likeness (QED) is 0.591. The van der Waals surface area contributed by atoms with Crippen LogP contribution < -0.4 is 0 Å². The van der Waals surface area contributed by atoms with Crippen molar-refractivity contribution in [1.29, 1.82) is 0 Å². The van der Waals surface area contributed by atoms with Gasteiger partial charge < -0.3 is 0 Å². The van der Waals surface area contributed by atoms with E-state index in [4.69, 9.17) is 0 Å². The summed E-state index contributed by atoms with van der Waals surface area (Å²) in [7, 11) is 0. The van der Waals surface area contributed by atoms with Crippen molar-refractivity contribution >= 4 is 5.65 Å². The van der Waals surface area contributed by atoms with Gasteiger partial charge in [0.2, 0.25) is 0 Å². The molecule has 0 spiro atoms. The van der Waals surface area contributed by atoms with E-state index in [0.717, 1.165) is 16.9 Å². The summed E-state index contributed by atoms with van der Waals surface area (Å²) >= 11 is 0. The zero-order valence-corrected chi connectivity index (χ0v) is 13.7. The zero-order chi connectivity index (χ0) is 15.9. The van der Waals surface area contributed by atoms with Crippen LogP contribution in [0, 0.1) is 46.5 Å². The molecule has 3 aromatic rings. The summed E-state index contributed by atoms with van der Waals surface area (Å²) in [6.07, 6.45) is 3.57. The van der Waals surface area contributed by atoms with Gasteiger partial charge in [0.1, 0.15) is 5.69 Å². The molecule has 0 amide bonds. The monoisotopic (exact) mass is 289 g/mol. The van der Waals surface area contributed by atoms with Crippen LogP contribution in [0.15, 0.2) is 24.5 Å². The summed E-state index contributed by atoms with van der Waals surface area (Å²) in [6, 6.07) is 3.84. The summed E-state index contributed by atoms with van der Waals surface area (Å²) < 4.78 is 1.75. The predicted molar refractivity (Wildman–Crippen MR) is 89.1 cm³/mol. The molecule has 22 heavy (non-hydrogen) atoms. The van der Waals surface area contributed by atoms with Crippen molar-refractivity contribution in [2.75, 3.05) is 0 Å².